The van der Waals surface area contributed by atoms with Crippen molar-refractivity contribution in [2.24, 2.45) is 0 Å². The fourth-order valence-electron chi connectivity index (χ4n) is 4.86. The summed E-state index contributed by atoms with van der Waals surface area (Å²) in [6.07, 6.45) is 6.21. The van der Waals surface area contributed by atoms with Crippen molar-refractivity contribution in [1.29, 1.82) is 0 Å². The van der Waals surface area contributed by atoms with Crippen molar-refractivity contribution in [3.8, 4) is 0 Å². The van der Waals surface area contributed by atoms with E-state index in [1.165, 1.54) is 34.7 Å². The minimum Gasteiger partial charge on any atom is -0.352 e. The first-order valence-corrected chi connectivity index (χ1v) is 12.2. The van der Waals surface area contributed by atoms with Gasteiger partial charge in [-0.25, -0.2) is 0 Å². The molecule has 0 heterocycles. The predicted molar refractivity (Wildman–Crippen MR) is 134 cm³/mol. The largest absolute Gasteiger partial charge is 0.352 e. The number of fused-ring (bicyclic) bond motifs is 1. The molecule has 0 unspecified atom stereocenters. The van der Waals surface area contributed by atoms with Crippen LogP contribution in [-0.2, 0) is 22.4 Å². The maximum atomic E-state index is 13.4. The summed E-state index contributed by atoms with van der Waals surface area (Å²) in [4.78, 5) is 28.2. The molecule has 33 heavy (non-hydrogen) atoms. The van der Waals surface area contributed by atoms with E-state index in [0.29, 0.717) is 19.4 Å². The number of aryl methyl sites for hydroxylation is 1. The summed E-state index contributed by atoms with van der Waals surface area (Å²) in [5, 5.41) is 5.56. The van der Waals surface area contributed by atoms with E-state index in [2.05, 4.69) is 41.7 Å². The first kappa shape index (κ1) is 23.0. The molecule has 4 heteroatoms. The smallest absolute Gasteiger partial charge is 0.242 e. The second kappa shape index (κ2) is 11.1. The van der Waals surface area contributed by atoms with Crippen LogP contribution in [0.1, 0.15) is 50.2 Å². The molecule has 0 spiro atoms. The van der Waals surface area contributed by atoms with Crippen LogP contribution >= 0.6 is 0 Å². The lowest BCUT2D eigenvalue weighted by Crippen LogP contribution is -2.50. The van der Waals surface area contributed by atoms with Gasteiger partial charge in [0.25, 0.3) is 0 Å². The number of rotatable bonds is 9. The van der Waals surface area contributed by atoms with E-state index in [9.17, 15) is 9.59 Å². The maximum absolute atomic E-state index is 13.4. The molecule has 1 fully saturated rings. The molecule has 1 saturated carbocycles. The Kier molecular flexibility index (Phi) is 7.77. The topological polar surface area (TPSA) is 49.4 Å². The van der Waals surface area contributed by atoms with E-state index >= 15 is 0 Å². The summed E-state index contributed by atoms with van der Waals surface area (Å²) >= 11 is 0. The molecule has 4 nitrogen and oxygen atoms in total. The van der Waals surface area contributed by atoms with Gasteiger partial charge in [-0.2, -0.15) is 0 Å². The van der Waals surface area contributed by atoms with Crippen molar-refractivity contribution in [1.82, 2.24) is 10.2 Å². The third-order valence-corrected chi connectivity index (χ3v) is 6.84. The molecule has 0 bridgehead atoms. The first-order chi connectivity index (χ1) is 16.1. The van der Waals surface area contributed by atoms with Crippen LogP contribution in [0.15, 0.2) is 72.8 Å². The first-order valence-electron chi connectivity index (χ1n) is 12.2. The van der Waals surface area contributed by atoms with E-state index in [0.717, 1.165) is 19.3 Å². The van der Waals surface area contributed by atoms with Crippen LogP contribution in [0.3, 0.4) is 0 Å². The zero-order chi connectivity index (χ0) is 23.0. The number of nitrogens with zero attached hydrogens (tertiary/aromatic N) is 1. The standard InChI is InChI=1S/C29H34N2O2/c1-22(29(33)30-26-15-6-7-16-26)31(21-20-23-10-3-2-4-11-23)28(32)19-18-25-14-9-13-24-12-5-8-17-27(24)25/h2-5,8-14,17,22,26H,6-7,15-16,18-21H2,1H3,(H,30,33)/t22-/m1/s1. The van der Waals surface area contributed by atoms with Gasteiger partial charge in [0.05, 0.1) is 0 Å². The minimum absolute atomic E-state index is 0.0338. The summed E-state index contributed by atoms with van der Waals surface area (Å²) in [5.74, 6) is 0.00131. The average molecular weight is 443 g/mol. The van der Waals surface area contributed by atoms with Crippen molar-refractivity contribution in [3.63, 3.8) is 0 Å². The quantitative estimate of drug-likeness (QED) is 0.489. The Morgan fingerprint density at radius 1 is 0.909 bits per heavy atom. The molecule has 1 N–H and O–H groups in total. The van der Waals surface area contributed by atoms with Crippen LogP contribution < -0.4 is 5.32 Å². The molecule has 172 valence electrons. The van der Waals surface area contributed by atoms with E-state index in [4.69, 9.17) is 0 Å². The van der Waals surface area contributed by atoms with Gasteiger partial charge in [-0.15, -0.1) is 0 Å². The Hall–Kier alpha value is -3.14. The Morgan fingerprint density at radius 2 is 1.61 bits per heavy atom. The summed E-state index contributed by atoms with van der Waals surface area (Å²) in [6.45, 7) is 2.41. The monoisotopic (exact) mass is 442 g/mol. The van der Waals surface area contributed by atoms with Gasteiger partial charge in [0.2, 0.25) is 11.8 Å². The van der Waals surface area contributed by atoms with E-state index in [-0.39, 0.29) is 17.9 Å². The summed E-state index contributed by atoms with van der Waals surface area (Å²) in [5.41, 5.74) is 2.35. The zero-order valence-corrected chi connectivity index (χ0v) is 19.5. The Morgan fingerprint density at radius 3 is 2.39 bits per heavy atom. The van der Waals surface area contributed by atoms with Crippen molar-refractivity contribution in [2.45, 2.75) is 64.0 Å². The molecule has 4 rings (SSSR count). The van der Waals surface area contributed by atoms with Gasteiger partial charge in [-0.05, 0) is 54.5 Å². The SMILES string of the molecule is C[C@H](C(=O)NC1CCCC1)N(CCc1ccccc1)C(=O)CCc1cccc2ccccc12. The molecule has 1 aliphatic rings. The van der Waals surface area contributed by atoms with Gasteiger partial charge in [-0.3, -0.25) is 9.59 Å². The van der Waals surface area contributed by atoms with Crippen LogP contribution in [0.2, 0.25) is 0 Å². The predicted octanol–water partition coefficient (Wildman–Crippen LogP) is 5.29. The van der Waals surface area contributed by atoms with E-state index in [1.54, 1.807) is 4.90 Å². The lowest BCUT2D eigenvalue weighted by atomic mass is 10.0. The molecular weight excluding hydrogens is 408 g/mol. The molecule has 0 saturated heterocycles. The van der Waals surface area contributed by atoms with Gasteiger partial charge in [0, 0.05) is 19.0 Å². The third-order valence-electron chi connectivity index (χ3n) is 6.84. The minimum atomic E-state index is -0.477. The summed E-state index contributed by atoms with van der Waals surface area (Å²) in [6, 6.07) is 24.5. The highest BCUT2D eigenvalue weighted by atomic mass is 16.2. The van der Waals surface area contributed by atoms with Gasteiger partial charge < -0.3 is 10.2 Å². The number of hydrogen-bond acceptors (Lipinski definition) is 2. The molecular formula is C29H34N2O2. The average Bonchev–Trinajstić information content (AvgIpc) is 3.36. The van der Waals surface area contributed by atoms with Crippen LogP contribution in [-0.4, -0.2) is 35.3 Å². The molecule has 0 aliphatic heterocycles. The van der Waals surface area contributed by atoms with Gasteiger partial charge in [0.15, 0.2) is 0 Å². The number of hydrogen-bond donors (Lipinski definition) is 1. The van der Waals surface area contributed by atoms with Crippen LogP contribution in [0, 0.1) is 0 Å². The number of carbonyl (C=O) groups excluding carboxylic acids is 2. The lowest BCUT2D eigenvalue weighted by molar-refractivity contribution is -0.140. The molecule has 2 amide bonds. The van der Waals surface area contributed by atoms with Crippen LogP contribution in [0.25, 0.3) is 10.8 Å². The van der Waals surface area contributed by atoms with Crippen LogP contribution in [0.5, 0.6) is 0 Å². The van der Waals surface area contributed by atoms with Gasteiger partial charge >= 0.3 is 0 Å². The normalized spacial score (nSPS) is 14.8. The lowest BCUT2D eigenvalue weighted by Gasteiger charge is -2.30. The van der Waals surface area contributed by atoms with Gasteiger partial charge in [0.1, 0.15) is 6.04 Å². The molecule has 0 radical (unpaired) electrons. The molecule has 3 aromatic rings. The summed E-state index contributed by atoms with van der Waals surface area (Å²) in [7, 11) is 0. The van der Waals surface area contributed by atoms with Gasteiger partial charge in [-0.1, -0.05) is 85.6 Å². The summed E-state index contributed by atoms with van der Waals surface area (Å²) < 4.78 is 0. The third kappa shape index (κ3) is 6.01. The second-order valence-corrected chi connectivity index (χ2v) is 9.13. The molecule has 1 aliphatic carbocycles. The van der Waals surface area contributed by atoms with Crippen molar-refractivity contribution in [2.75, 3.05) is 6.54 Å². The maximum Gasteiger partial charge on any atom is 0.242 e. The Labute approximate surface area is 197 Å². The highest BCUT2D eigenvalue weighted by Gasteiger charge is 2.28. The fraction of sp³-hybridized carbons (Fsp3) is 0.379. The fourth-order valence-corrected chi connectivity index (χ4v) is 4.86. The second-order valence-electron chi connectivity index (χ2n) is 9.13. The Balaban J connectivity index is 1.45. The van der Waals surface area contributed by atoms with E-state index < -0.39 is 6.04 Å². The molecule has 1 atom stereocenters. The molecule has 0 aromatic heterocycles. The number of benzene rings is 3. The van der Waals surface area contributed by atoms with Crippen LogP contribution in [0.4, 0.5) is 0 Å². The van der Waals surface area contributed by atoms with Crippen molar-refractivity contribution < 1.29 is 9.59 Å². The van der Waals surface area contributed by atoms with Crippen molar-refractivity contribution in [3.05, 3.63) is 83.9 Å². The zero-order valence-electron chi connectivity index (χ0n) is 19.5. The number of amides is 2. The highest BCUT2D eigenvalue weighted by molar-refractivity contribution is 5.89. The van der Waals surface area contributed by atoms with Crippen molar-refractivity contribution >= 4 is 22.6 Å². The molecule has 3 aromatic carbocycles. The van der Waals surface area contributed by atoms with E-state index in [1.807, 2.05) is 43.3 Å². The number of nitrogens with one attached hydrogen (secondary N) is 1. The number of carbonyl (C=O) groups is 2. The highest BCUT2D eigenvalue weighted by Crippen LogP contribution is 2.21. The Bertz CT molecular complexity index is 1070.